The highest BCUT2D eigenvalue weighted by molar-refractivity contribution is 7.89. The first kappa shape index (κ1) is 23.5. The number of carbonyl (C=O) groups is 1. The van der Waals surface area contributed by atoms with Crippen LogP contribution in [0.2, 0.25) is 0 Å². The number of sulfonamides is 1. The van der Waals surface area contributed by atoms with Crippen LogP contribution in [-0.4, -0.2) is 27.5 Å². The fourth-order valence-corrected chi connectivity index (χ4v) is 4.69. The van der Waals surface area contributed by atoms with Crippen molar-refractivity contribution in [3.8, 4) is 5.75 Å². The van der Waals surface area contributed by atoms with Crippen LogP contribution in [0, 0.1) is 6.92 Å². The largest absolute Gasteiger partial charge is 0.496 e. The second-order valence-electron chi connectivity index (χ2n) is 7.81. The molecule has 3 aromatic carbocycles. The monoisotopic (exact) mass is 452 g/mol. The van der Waals surface area contributed by atoms with E-state index in [0.717, 1.165) is 16.7 Å². The molecule has 1 unspecified atom stereocenters. The van der Waals surface area contributed by atoms with Gasteiger partial charge in [-0.3, -0.25) is 4.79 Å². The summed E-state index contributed by atoms with van der Waals surface area (Å²) in [7, 11) is -2.53. The van der Waals surface area contributed by atoms with E-state index < -0.39 is 22.0 Å². The van der Waals surface area contributed by atoms with Gasteiger partial charge in [0.25, 0.3) is 5.91 Å². The maximum Gasteiger partial charge on any atom is 0.255 e. The van der Waals surface area contributed by atoms with Gasteiger partial charge in [0.15, 0.2) is 0 Å². The average molecular weight is 453 g/mol. The standard InChI is InChI=1S/C25H28N2O4S/c1-17(2)26-25(28)22-16-20(14-15-23(22)31-4)32(29,30)27-24(19-11-6-5-7-12-19)21-13-9-8-10-18(21)3/h5-17,24,27H,1-4H3,(H,26,28). The Kier molecular flexibility index (Phi) is 7.33. The molecule has 0 aliphatic rings. The highest BCUT2D eigenvalue weighted by Crippen LogP contribution is 2.28. The molecular weight excluding hydrogens is 424 g/mol. The van der Waals surface area contributed by atoms with E-state index in [1.807, 2.05) is 75.4 Å². The number of hydrogen-bond donors (Lipinski definition) is 2. The summed E-state index contributed by atoms with van der Waals surface area (Å²) in [5.41, 5.74) is 2.80. The number of amides is 1. The lowest BCUT2D eigenvalue weighted by Crippen LogP contribution is -2.32. The quantitative estimate of drug-likeness (QED) is 0.536. The predicted molar refractivity (Wildman–Crippen MR) is 125 cm³/mol. The first-order valence-electron chi connectivity index (χ1n) is 10.3. The second kappa shape index (κ2) is 9.97. The van der Waals surface area contributed by atoms with Gasteiger partial charge in [-0.2, -0.15) is 4.72 Å². The molecule has 6 nitrogen and oxygen atoms in total. The summed E-state index contributed by atoms with van der Waals surface area (Å²) in [4.78, 5) is 12.6. The molecule has 1 amide bonds. The lowest BCUT2D eigenvalue weighted by molar-refractivity contribution is 0.0940. The van der Waals surface area contributed by atoms with Crippen LogP contribution in [-0.2, 0) is 10.0 Å². The molecule has 0 spiro atoms. The summed E-state index contributed by atoms with van der Waals surface area (Å²) in [6.45, 7) is 5.61. The number of benzene rings is 3. The zero-order valence-corrected chi connectivity index (χ0v) is 19.4. The third kappa shape index (κ3) is 5.36. The third-order valence-corrected chi connectivity index (χ3v) is 6.47. The first-order chi connectivity index (χ1) is 15.2. The SMILES string of the molecule is COc1ccc(S(=O)(=O)NC(c2ccccc2)c2ccccc2C)cc1C(=O)NC(C)C. The molecule has 1 atom stereocenters. The molecule has 3 rings (SSSR count). The zero-order chi connectivity index (χ0) is 23.3. The number of rotatable bonds is 8. The van der Waals surface area contributed by atoms with Crippen molar-refractivity contribution in [1.29, 1.82) is 0 Å². The van der Waals surface area contributed by atoms with Crippen LogP contribution in [0.4, 0.5) is 0 Å². The molecule has 0 heterocycles. The minimum absolute atomic E-state index is 0.0123. The van der Waals surface area contributed by atoms with Crippen molar-refractivity contribution >= 4 is 15.9 Å². The van der Waals surface area contributed by atoms with Gasteiger partial charge in [-0.1, -0.05) is 54.6 Å². The van der Waals surface area contributed by atoms with Crippen LogP contribution < -0.4 is 14.8 Å². The van der Waals surface area contributed by atoms with Crippen molar-refractivity contribution in [1.82, 2.24) is 10.0 Å². The summed E-state index contributed by atoms with van der Waals surface area (Å²) in [6, 6.07) is 20.6. The van der Waals surface area contributed by atoms with E-state index in [0.29, 0.717) is 5.75 Å². The Bertz CT molecular complexity index is 1190. The molecule has 0 bridgehead atoms. The van der Waals surface area contributed by atoms with Crippen molar-refractivity contribution < 1.29 is 17.9 Å². The van der Waals surface area contributed by atoms with Crippen LogP contribution in [0.15, 0.2) is 77.7 Å². The Labute approximate surface area is 189 Å². The molecule has 0 radical (unpaired) electrons. The van der Waals surface area contributed by atoms with E-state index in [-0.39, 0.29) is 16.5 Å². The number of aryl methyl sites for hydroxylation is 1. The fourth-order valence-electron chi connectivity index (χ4n) is 3.46. The normalized spacial score (nSPS) is 12.4. The Morgan fingerprint density at radius 2 is 1.59 bits per heavy atom. The second-order valence-corrected chi connectivity index (χ2v) is 9.53. The minimum atomic E-state index is -3.97. The summed E-state index contributed by atoms with van der Waals surface area (Å²) in [5.74, 6) is -0.0898. The number of ether oxygens (including phenoxy) is 1. The van der Waals surface area contributed by atoms with Crippen LogP contribution >= 0.6 is 0 Å². The average Bonchev–Trinajstić information content (AvgIpc) is 2.77. The molecule has 0 aromatic heterocycles. The molecule has 3 aromatic rings. The molecule has 0 fully saturated rings. The molecule has 0 saturated heterocycles. The first-order valence-corrected chi connectivity index (χ1v) is 11.8. The molecule has 0 aliphatic heterocycles. The van der Waals surface area contributed by atoms with Crippen molar-refractivity contribution in [3.05, 3.63) is 95.1 Å². The predicted octanol–water partition coefficient (Wildman–Crippen LogP) is 4.21. The van der Waals surface area contributed by atoms with Crippen LogP contribution in [0.3, 0.4) is 0 Å². The van der Waals surface area contributed by atoms with E-state index in [1.165, 1.54) is 25.3 Å². The van der Waals surface area contributed by atoms with E-state index in [2.05, 4.69) is 10.0 Å². The zero-order valence-electron chi connectivity index (χ0n) is 18.6. The van der Waals surface area contributed by atoms with E-state index in [1.54, 1.807) is 0 Å². The molecule has 168 valence electrons. The lowest BCUT2D eigenvalue weighted by atomic mass is 9.96. The Balaban J connectivity index is 2.04. The van der Waals surface area contributed by atoms with Gasteiger partial charge in [0.1, 0.15) is 5.75 Å². The third-order valence-electron chi connectivity index (χ3n) is 5.05. The summed E-state index contributed by atoms with van der Waals surface area (Å²) < 4.78 is 34.9. The van der Waals surface area contributed by atoms with Gasteiger partial charge < -0.3 is 10.1 Å². The summed E-state index contributed by atoms with van der Waals surface area (Å²) >= 11 is 0. The summed E-state index contributed by atoms with van der Waals surface area (Å²) in [5, 5.41) is 2.78. The van der Waals surface area contributed by atoms with E-state index in [9.17, 15) is 13.2 Å². The Morgan fingerprint density at radius 1 is 0.938 bits per heavy atom. The van der Waals surface area contributed by atoms with Gasteiger partial charge in [-0.05, 0) is 55.7 Å². The highest BCUT2D eigenvalue weighted by Gasteiger charge is 2.26. The maximum atomic E-state index is 13.4. The van der Waals surface area contributed by atoms with Gasteiger partial charge in [-0.15, -0.1) is 0 Å². The Morgan fingerprint density at radius 3 is 2.22 bits per heavy atom. The van der Waals surface area contributed by atoms with Gasteiger partial charge in [0.05, 0.1) is 23.6 Å². The van der Waals surface area contributed by atoms with E-state index in [4.69, 9.17) is 4.74 Å². The smallest absolute Gasteiger partial charge is 0.255 e. The molecule has 2 N–H and O–H groups in total. The van der Waals surface area contributed by atoms with E-state index >= 15 is 0 Å². The number of hydrogen-bond acceptors (Lipinski definition) is 4. The Hall–Kier alpha value is -3.16. The minimum Gasteiger partial charge on any atom is -0.496 e. The van der Waals surface area contributed by atoms with Crippen molar-refractivity contribution in [2.45, 2.75) is 37.8 Å². The fraction of sp³-hybridized carbons (Fsp3) is 0.240. The van der Waals surface area contributed by atoms with Crippen molar-refractivity contribution in [2.24, 2.45) is 0 Å². The molecule has 7 heteroatoms. The number of nitrogens with one attached hydrogen (secondary N) is 2. The van der Waals surface area contributed by atoms with Crippen molar-refractivity contribution in [2.75, 3.05) is 7.11 Å². The van der Waals surface area contributed by atoms with Gasteiger partial charge in [0.2, 0.25) is 10.0 Å². The van der Waals surface area contributed by atoms with Gasteiger partial charge in [0, 0.05) is 6.04 Å². The maximum absolute atomic E-state index is 13.4. The molecular formula is C25H28N2O4S. The van der Waals surface area contributed by atoms with Crippen molar-refractivity contribution in [3.63, 3.8) is 0 Å². The summed E-state index contributed by atoms with van der Waals surface area (Å²) in [6.07, 6.45) is 0. The topological polar surface area (TPSA) is 84.5 Å². The van der Waals surface area contributed by atoms with Crippen LogP contribution in [0.1, 0.15) is 46.9 Å². The molecule has 32 heavy (non-hydrogen) atoms. The molecule has 0 saturated carbocycles. The lowest BCUT2D eigenvalue weighted by Gasteiger charge is -2.22. The highest BCUT2D eigenvalue weighted by atomic mass is 32.2. The van der Waals surface area contributed by atoms with Gasteiger partial charge >= 0.3 is 0 Å². The van der Waals surface area contributed by atoms with Crippen LogP contribution in [0.5, 0.6) is 5.75 Å². The van der Waals surface area contributed by atoms with Crippen LogP contribution in [0.25, 0.3) is 0 Å². The number of methoxy groups -OCH3 is 1. The molecule has 0 aliphatic carbocycles. The number of carbonyl (C=O) groups excluding carboxylic acids is 1. The van der Waals surface area contributed by atoms with Gasteiger partial charge in [-0.25, -0.2) is 8.42 Å².